The molecule has 0 saturated heterocycles. The smallest absolute Gasteiger partial charge is 0.252 e. The van der Waals surface area contributed by atoms with E-state index in [9.17, 15) is 4.39 Å². The summed E-state index contributed by atoms with van der Waals surface area (Å²) >= 11 is 1.95. The minimum Gasteiger partial charge on any atom is -0.333 e. The molecule has 0 aliphatic carbocycles. The fraction of sp³-hybridized carbons (Fsp3) is 0.286. The average Bonchev–Trinajstić information content (AvgIpc) is 1.00. The van der Waals surface area contributed by atoms with Gasteiger partial charge in [-0.05, 0) is 180 Å². The number of para-hydroxylation sites is 1. The second-order valence-corrected chi connectivity index (χ2v) is 31.6. The van der Waals surface area contributed by atoms with Crippen LogP contribution in [0.4, 0.5) is 38.5 Å². The van der Waals surface area contributed by atoms with E-state index in [4.69, 9.17) is 4.98 Å². The van der Waals surface area contributed by atoms with Gasteiger partial charge in [-0.25, -0.2) is 0 Å². The van der Waals surface area contributed by atoms with Gasteiger partial charge in [-0.3, -0.25) is 9.37 Å². The molecule has 3 aliphatic heterocycles. The first-order valence-corrected chi connectivity index (χ1v) is 33.6. The molecule has 0 spiro atoms. The van der Waals surface area contributed by atoms with Crippen molar-refractivity contribution in [3.63, 3.8) is 0 Å². The summed E-state index contributed by atoms with van der Waals surface area (Å²) in [5, 5.41) is 0. The Morgan fingerprint density at radius 2 is 1.12 bits per heavy atom. The predicted molar refractivity (Wildman–Crippen MR) is 390 cm³/mol. The quantitative estimate of drug-likeness (QED) is 0.117. The van der Waals surface area contributed by atoms with Gasteiger partial charge in [0, 0.05) is 70.3 Å². The molecule has 9 aromatic carbocycles. The van der Waals surface area contributed by atoms with Gasteiger partial charge >= 0.3 is 0 Å². The molecular weight excluding hydrogens is 1330 g/mol. The minimum atomic E-state index is -0.275. The molecule has 0 unspecified atom stereocenters. The van der Waals surface area contributed by atoms with E-state index in [0.717, 1.165) is 56.1 Å². The molecule has 2 aromatic heterocycles. The molecule has 473 valence electrons. The summed E-state index contributed by atoms with van der Waals surface area (Å²) in [4.78, 5) is 17.6. The number of hydrogen-bond donors (Lipinski definition) is 0. The maximum atomic E-state index is 12.7. The standard InChI is InChI=1S/C71H74BN4S.C13H11FN.Ir/c1-42(2)52-23-20-24-53(43(3)4)65(52)76-59-35-45(25-32-56(59)73-67(76)44-21-18-17-19-22-44)46-36-60-64-61(37-46)75-58-34-29-49(70(11,12)13)40-62(58)77-63-41-50(71(14,15)16)39-55(66(63)75)72(64)54-38-48(69(8,9)10)28-33-57(54)74(60)51-30-26-47(27-31-51)68(5,6)7;1-9-7-13(15-8-10(9)2)11-3-5-12(14)6-4-11;/h17-21,23-43H,1-16H3;3,5-8H,1-2H3;/q2*-1;. The normalized spacial score (nSPS) is 13.3. The molecule has 11 aromatic rings. The Hall–Kier alpha value is -7.81. The van der Waals surface area contributed by atoms with E-state index < -0.39 is 0 Å². The van der Waals surface area contributed by atoms with Crippen molar-refractivity contribution < 1.29 is 24.5 Å². The number of pyridine rings is 1. The zero-order valence-corrected chi connectivity index (χ0v) is 60.5. The third-order valence-electron chi connectivity index (χ3n) is 19.1. The van der Waals surface area contributed by atoms with E-state index in [2.05, 4.69) is 276 Å². The number of aromatic nitrogens is 3. The number of hydrogen-bond acceptors (Lipinski definition) is 5. The molecule has 0 N–H and O–H groups in total. The Morgan fingerprint density at radius 3 is 1.72 bits per heavy atom. The average molecular weight is 1420 g/mol. The van der Waals surface area contributed by atoms with E-state index in [-0.39, 0.29) is 54.3 Å². The van der Waals surface area contributed by atoms with Crippen molar-refractivity contribution in [3.8, 4) is 39.5 Å². The molecule has 0 bridgehead atoms. The van der Waals surface area contributed by atoms with Gasteiger partial charge in [0.2, 0.25) is 0 Å². The summed E-state index contributed by atoms with van der Waals surface area (Å²) in [5.41, 5.74) is 29.8. The number of anilines is 6. The van der Waals surface area contributed by atoms with Crippen LogP contribution < -0.4 is 26.2 Å². The zero-order chi connectivity index (χ0) is 65.2. The Labute approximate surface area is 570 Å². The minimum absolute atomic E-state index is 0. The maximum absolute atomic E-state index is 12.7. The van der Waals surface area contributed by atoms with Gasteiger partial charge in [-0.15, -0.1) is 65.7 Å². The SMILES string of the molecule is CC(C)c1cccc(C(C)C)c1-n1c(-c2[c-]cccc2)nc2ccc(-c3cc4c5c(c3)N3c6ccc(C(C)(C)C)cc6Sc6cc(C(C)(C)C)cc(c63)B5c3cc(C(C)(C)C)ccc3N4c3ccc(C(C)(C)C)cc3)cc21.Cc1cnc(-c2[c-]cc(F)cc2)cc1C.[Ir]. The van der Waals surface area contributed by atoms with Crippen LogP contribution in [0.15, 0.2) is 186 Å². The molecule has 0 fully saturated rings. The van der Waals surface area contributed by atoms with Crippen LogP contribution in [-0.4, -0.2) is 21.2 Å². The summed E-state index contributed by atoms with van der Waals surface area (Å²) < 4.78 is 15.2. The molecule has 1 radical (unpaired) electrons. The first-order valence-electron chi connectivity index (χ1n) is 32.8. The van der Waals surface area contributed by atoms with Gasteiger partial charge in [0.25, 0.3) is 6.71 Å². The van der Waals surface area contributed by atoms with Crippen LogP contribution in [0.5, 0.6) is 0 Å². The summed E-state index contributed by atoms with van der Waals surface area (Å²) in [5.74, 6) is 1.22. The molecule has 0 saturated carbocycles. The monoisotopic (exact) mass is 1420 g/mol. The van der Waals surface area contributed by atoms with Crippen molar-refractivity contribution in [1.82, 2.24) is 14.5 Å². The van der Waals surface area contributed by atoms with E-state index in [1.165, 1.54) is 111 Å². The van der Waals surface area contributed by atoms with E-state index in [0.29, 0.717) is 11.8 Å². The van der Waals surface area contributed by atoms with Crippen molar-refractivity contribution in [1.29, 1.82) is 0 Å². The van der Waals surface area contributed by atoms with Gasteiger partial charge in [-0.1, -0.05) is 195 Å². The third-order valence-corrected chi connectivity index (χ3v) is 20.1. The Kier molecular flexibility index (Phi) is 17.0. The van der Waals surface area contributed by atoms with Crippen molar-refractivity contribution in [3.05, 3.63) is 239 Å². The van der Waals surface area contributed by atoms with Gasteiger partial charge in [0.1, 0.15) is 0 Å². The maximum Gasteiger partial charge on any atom is 0.252 e. The molecule has 93 heavy (non-hydrogen) atoms. The van der Waals surface area contributed by atoms with Crippen LogP contribution in [0.25, 0.3) is 50.5 Å². The second kappa shape index (κ2) is 24.2. The third kappa shape index (κ3) is 11.9. The number of aryl methyl sites for hydroxylation is 2. The number of fused-ring (bicyclic) bond motifs is 7. The molecule has 14 rings (SSSR count). The topological polar surface area (TPSA) is 37.2 Å². The fourth-order valence-electron chi connectivity index (χ4n) is 13.5. The van der Waals surface area contributed by atoms with Gasteiger partial charge < -0.3 is 19.4 Å². The first kappa shape index (κ1) is 65.3. The molecule has 0 amide bonds. The van der Waals surface area contributed by atoms with E-state index >= 15 is 0 Å². The van der Waals surface area contributed by atoms with Crippen LogP contribution in [0.2, 0.25) is 0 Å². The van der Waals surface area contributed by atoms with Crippen molar-refractivity contribution in [2.24, 2.45) is 0 Å². The van der Waals surface area contributed by atoms with Crippen LogP contribution in [-0.2, 0) is 41.8 Å². The van der Waals surface area contributed by atoms with Crippen LogP contribution in [0.3, 0.4) is 0 Å². The first-order chi connectivity index (χ1) is 43.5. The van der Waals surface area contributed by atoms with Crippen molar-refractivity contribution in [2.45, 2.75) is 168 Å². The second-order valence-electron chi connectivity index (χ2n) is 30.5. The Balaban J connectivity index is 0.000000456. The van der Waals surface area contributed by atoms with E-state index in [1.807, 2.05) is 50.0 Å². The van der Waals surface area contributed by atoms with Crippen molar-refractivity contribution in [2.75, 3.05) is 9.80 Å². The number of imidazole rings is 1. The summed E-state index contributed by atoms with van der Waals surface area (Å²) in [6.45, 7) is 41.4. The van der Waals surface area contributed by atoms with E-state index in [1.54, 1.807) is 6.07 Å². The Bertz CT molecular complexity index is 4660. The molecule has 0 atom stereocenters. The number of rotatable bonds is 7. The number of halogens is 1. The van der Waals surface area contributed by atoms with Gasteiger partial charge in [-0.2, -0.15) is 0 Å². The largest absolute Gasteiger partial charge is 0.333 e. The zero-order valence-electron chi connectivity index (χ0n) is 57.3. The molecule has 3 aliphatic rings. The number of nitrogens with zero attached hydrogens (tertiary/aromatic N) is 5. The van der Waals surface area contributed by atoms with Gasteiger partial charge in [0.15, 0.2) is 0 Å². The van der Waals surface area contributed by atoms with Gasteiger partial charge in [0.05, 0.1) is 28.2 Å². The van der Waals surface area contributed by atoms with Crippen LogP contribution in [0, 0.1) is 31.8 Å². The summed E-state index contributed by atoms with van der Waals surface area (Å²) in [6, 6.07) is 69.2. The summed E-state index contributed by atoms with van der Waals surface area (Å²) in [6.07, 6.45) is 1.82. The van der Waals surface area contributed by atoms with Crippen LogP contribution in [0.1, 0.15) is 167 Å². The molecule has 5 nitrogen and oxygen atoms in total. The predicted octanol–water partition coefficient (Wildman–Crippen LogP) is 21.4. The summed E-state index contributed by atoms with van der Waals surface area (Å²) in [7, 11) is 0. The van der Waals surface area contributed by atoms with Crippen molar-refractivity contribution >= 4 is 80.0 Å². The molecule has 9 heteroatoms. The molecular formula is C84H85BFIrN5S-2. The van der Waals surface area contributed by atoms with Crippen LogP contribution >= 0.6 is 11.8 Å². The number of benzene rings is 9. The molecule has 5 heterocycles. The fourth-order valence-corrected chi connectivity index (χ4v) is 14.7. The Morgan fingerprint density at radius 1 is 0.505 bits per heavy atom.